The Kier molecular flexibility index (Phi) is 7.61. The average molecular weight is 404 g/mol. The summed E-state index contributed by atoms with van der Waals surface area (Å²) in [5.74, 6) is 0.0428. The molecule has 0 unspecified atom stereocenters. The Labute approximate surface area is 138 Å². The zero-order valence-corrected chi connectivity index (χ0v) is 15.0. The number of sulfonamides is 1. The first-order valence-electron chi connectivity index (χ1n) is 6.21. The third-order valence-corrected chi connectivity index (χ3v) is 4.93. The lowest BCUT2D eigenvalue weighted by atomic mass is 10.3. The Bertz CT molecular complexity index is 529. The van der Waals surface area contributed by atoms with Gasteiger partial charge < -0.3 is 5.32 Å². The maximum absolute atomic E-state index is 12.0. The van der Waals surface area contributed by atoms with E-state index in [2.05, 4.69) is 26.0 Å². The van der Waals surface area contributed by atoms with Crippen molar-refractivity contribution in [2.24, 2.45) is 0 Å². The zero-order chi connectivity index (χ0) is 15.2. The van der Waals surface area contributed by atoms with Gasteiger partial charge in [0.05, 0.1) is 21.5 Å². The lowest BCUT2D eigenvalue weighted by Crippen LogP contribution is -2.19. The van der Waals surface area contributed by atoms with Gasteiger partial charge in [-0.2, -0.15) is 0 Å². The second kappa shape index (κ2) is 8.44. The summed E-state index contributed by atoms with van der Waals surface area (Å²) in [6.07, 6.45) is 1.38. The summed E-state index contributed by atoms with van der Waals surface area (Å²) in [4.78, 5) is 0. The minimum absolute atomic E-state index is 0.0428. The van der Waals surface area contributed by atoms with Crippen molar-refractivity contribution in [2.45, 2.75) is 19.8 Å². The number of unbranched alkanes of at least 4 members (excludes halogenated alkanes) is 1. The van der Waals surface area contributed by atoms with Gasteiger partial charge in [-0.1, -0.05) is 46.1 Å². The van der Waals surface area contributed by atoms with Gasteiger partial charge in [0.1, 0.15) is 0 Å². The Morgan fingerprint density at radius 3 is 2.35 bits per heavy atom. The average Bonchev–Trinajstić information content (AvgIpc) is 2.33. The molecule has 8 heteroatoms. The topological polar surface area (TPSA) is 58.2 Å². The normalized spacial score (nSPS) is 11.6. The summed E-state index contributed by atoms with van der Waals surface area (Å²) in [5, 5.41) is 3.67. The van der Waals surface area contributed by atoms with Crippen molar-refractivity contribution < 1.29 is 8.42 Å². The first kappa shape index (κ1) is 18.0. The highest BCUT2D eigenvalue weighted by Gasteiger charge is 2.15. The van der Waals surface area contributed by atoms with E-state index in [4.69, 9.17) is 23.2 Å². The molecule has 0 amide bonds. The van der Waals surface area contributed by atoms with Crippen LogP contribution in [0.2, 0.25) is 10.0 Å². The molecule has 0 radical (unpaired) electrons. The summed E-state index contributed by atoms with van der Waals surface area (Å²) < 4.78 is 27.1. The predicted octanol–water partition coefficient (Wildman–Crippen LogP) is 3.89. The molecule has 1 rings (SSSR count). The Morgan fingerprint density at radius 1 is 1.20 bits per heavy atom. The molecule has 0 aromatic heterocycles. The van der Waals surface area contributed by atoms with Crippen molar-refractivity contribution in [3.8, 4) is 0 Å². The molecule has 0 aliphatic rings. The molecule has 0 atom stereocenters. The summed E-state index contributed by atoms with van der Waals surface area (Å²) >= 11 is 15.2. The van der Waals surface area contributed by atoms with Gasteiger partial charge in [0.15, 0.2) is 0 Å². The van der Waals surface area contributed by atoms with E-state index in [9.17, 15) is 8.42 Å². The van der Waals surface area contributed by atoms with Crippen LogP contribution in [-0.2, 0) is 10.0 Å². The van der Waals surface area contributed by atoms with Gasteiger partial charge in [0.25, 0.3) is 0 Å². The van der Waals surface area contributed by atoms with E-state index in [1.54, 1.807) is 12.1 Å². The number of benzene rings is 1. The Balaban J connectivity index is 2.63. The summed E-state index contributed by atoms with van der Waals surface area (Å²) in [7, 11) is -3.44. The molecule has 20 heavy (non-hydrogen) atoms. The highest BCUT2D eigenvalue weighted by atomic mass is 79.9. The summed E-state index contributed by atoms with van der Waals surface area (Å²) in [5.41, 5.74) is 0.225. The molecule has 4 nitrogen and oxygen atoms in total. The number of halogens is 3. The maximum atomic E-state index is 12.0. The molecule has 0 aliphatic heterocycles. The first-order valence-corrected chi connectivity index (χ1v) is 9.41. The van der Waals surface area contributed by atoms with Crippen molar-refractivity contribution >= 4 is 54.8 Å². The number of anilines is 1. The number of hydrogen-bond donors (Lipinski definition) is 2. The predicted molar refractivity (Wildman–Crippen MR) is 89.3 cm³/mol. The van der Waals surface area contributed by atoms with Crippen LogP contribution in [0.25, 0.3) is 0 Å². The second-order valence-electron chi connectivity index (χ2n) is 4.23. The van der Waals surface area contributed by atoms with Crippen molar-refractivity contribution in [1.82, 2.24) is 5.32 Å². The number of rotatable bonds is 8. The molecule has 0 saturated heterocycles. The number of nitrogens with one attached hydrogen (secondary N) is 2. The fraction of sp³-hybridized carbons (Fsp3) is 0.500. The van der Waals surface area contributed by atoms with E-state index in [0.29, 0.717) is 10.9 Å². The monoisotopic (exact) mass is 402 g/mol. The third-order valence-electron chi connectivity index (χ3n) is 2.53. The molecule has 0 bridgehead atoms. The number of hydrogen-bond acceptors (Lipinski definition) is 3. The largest absolute Gasteiger partial charge is 0.317 e. The van der Waals surface area contributed by atoms with Crippen molar-refractivity contribution in [3.05, 3.63) is 26.7 Å². The molecule has 0 saturated carbocycles. The Morgan fingerprint density at radius 2 is 1.80 bits per heavy atom. The van der Waals surface area contributed by atoms with Crippen LogP contribution in [0.5, 0.6) is 0 Å². The van der Waals surface area contributed by atoms with E-state index in [1.807, 2.05) is 6.92 Å². The molecule has 0 aliphatic carbocycles. The van der Waals surface area contributed by atoms with Crippen molar-refractivity contribution in [1.29, 1.82) is 0 Å². The fourth-order valence-corrected chi connectivity index (χ4v) is 4.20. The van der Waals surface area contributed by atoms with E-state index in [-0.39, 0.29) is 21.5 Å². The minimum atomic E-state index is -3.44. The Hall–Kier alpha value is -0.0100. The SMILES string of the molecule is CCNCCCCS(=O)(=O)Nc1c(Cl)cc(Br)cc1Cl. The zero-order valence-electron chi connectivity index (χ0n) is 11.0. The van der Waals surface area contributed by atoms with Gasteiger partial charge >= 0.3 is 0 Å². The van der Waals surface area contributed by atoms with Crippen LogP contribution in [0.4, 0.5) is 5.69 Å². The first-order chi connectivity index (χ1) is 9.35. The van der Waals surface area contributed by atoms with E-state index >= 15 is 0 Å². The van der Waals surface area contributed by atoms with Crippen LogP contribution in [0.15, 0.2) is 16.6 Å². The lowest BCUT2D eigenvalue weighted by Gasteiger charge is -2.11. The van der Waals surface area contributed by atoms with Gasteiger partial charge in [0, 0.05) is 4.47 Å². The molecular weight excluding hydrogens is 387 g/mol. The van der Waals surface area contributed by atoms with Crippen LogP contribution in [0.1, 0.15) is 19.8 Å². The van der Waals surface area contributed by atoms with Crippen LogP contribution in [-0.4, -0.2) is 27.3 Å². The van der Waals surface area contributed by atoms with Crippen LogP contribution < -0.4 is 10.0 Å². The molecule has 114 valence electrons. The third kappa shape index (κ3) is 6.18. The van der Waals surface area contributed by atoms with E-state index in [1.165, 1.54) is 0 Å². The molecule has 0 heterocycles. The molecule has 1 aromatic rings. The highest BCUT2D eigenvalue weighted by molar-refractivity contribution is 9.10. The lowest BCUT2D eigenvalue weighted by molar-refractivity contribution is 0.593. The van der Waals surface area contributed by atoms with E-state index in [0.717, 1.165) is 19.5 Å². The van der Waals surface area contributed by atoms with Crippen LogP contribution in [0.3, 0.4) is 0 Å². The maximum Gasteiger partial charge on any atom is 0.232 e. The van der Waals surface area contributed by atoms with Gasteiger partial charge in [-0.25, -0.2) is 8.42 Å². The van der Waals surface area contributed by atoms with Crippen molar-refractivity contribution in [2.75, 3.05) is 23.6 Å². The molecule has 0 spiro atoms. The summed E-state index contributed by atoms with van der Waals surface area (Å²) in [6.45, 7) is 3.71. The van der Waals surface area contributed by atoms with Gasteiger partial charge in [0.2, 0.25) is 10.0 Å². The molecule has 2 N–H and O–H groups in total. The van der Waals surface area contributed by atoms with Gasteiger partial charge in [-0.3, -0.25) is 4.72 Å². The van der Waals surface area contributed by atoms with Gasteiger partial charge in [-0.15, -0.1) is 0 Å². The molecule has 0 fully saturated rings. The smallest absolute Gasteiger partial charge is 0.232 e. The highest BCUT2D eigenvalue weighted by Crippen LogP contribution is 2.34. The second-order valence-corrected chi connectivity index (χ2v) is 7.80. The fourth-order valence-electron chi connectivity index (χ4n) is 1.57. The van der Waals surface area contributed by atoms with Crippen LogP contribution in [0, 0.1) is 0 Å². The molecule has 1 aromatic carbocycles. The summed E-state index contributed by atoms with van der Waals surface area (Å²) in [6, 6.07) is 3.19. The van der Waals surface area contributed by atoms with E-state index < -0.39 is 10.0 Å². The standard InChI is InChI=1S/C12H17BrCl2N2O2S/c1-2-16-5-3-4-6-20(18,19)17-12-10(14)7-9(13)8-11(12)15/h7-8,16-17H,2-6H2,1H3. The quantitative estimate of drug-likeness (QED) is 0.647. The molecular formula is C12H17BrCl2N2O2S. The van der Waals surface area contributed by atoms with Crippen LogP contribution >= 0.6 is 39.1 Å². The van der Waals surface area contributed by atoms with Crippen molar-refractivity contribution in [3.63, 3.8) is 0 Å². The van der Waals surface area contributed by atoms with Gasteiger partial charge in [-0.05, 0) is 38.1 Å². The minimum Gasteiger partial charge on any atom is -0.317 e.